The minimum atomic E-state index is -0.591. The van der Waals surface area contributed by atoms with Crippen LogP contribution in [0.5, 0.6) is 17.2 Å². The SMILES string of the molecule is CC(=O)N1C(=O)CC(C)C1=O.CC(C)(C)c1ccc(OC(=O)c2ccccc2)cc1.CC1CC(=O)N(C(=O)c2ccccc2)C1=O.CCC(=O)Oc1ccc(C(C)(C)C)cc1.CCCC(=O)N1C(=O)CCC1=O.CCCC(=O)N1C(=O)c2ccccc2C1=O.CCCCCCCCCCCCc1ccc(OC(C)=O)cc1.O=C(c1ccccc1)N1C(=O)c2ccccc2C1=O.O=C1CCC(=O)N1C(=O)c1ccccc1. The quantitative estimate of drug-likeness (QED) is 0.0248. The molecule has 0 aromatic heterocycles. The molecule has 762 valence electrons. The lowest BCUT2D eigenvalue weighted by atomic mass is 9.87. The number of amides is 18. The van der Waals surface area contributed by atoms with Crippen LogP contribution in [0.3, 0.4) is 0 Å². The second-order valence-corrected chi connectivity index (χ2v) is 36.7. The topological polar surface area (TPSA) is 406 Å². The van der Waals surface area contributed by atoms with E-state index in [9.17, 15) is 101 Å². The molecule has 4 fully saturated rings. The molecule has 4 saturated heterocycles. The number of nitrogens with zero attached hydrogens (tertiary/aromatic N) is 6. The smallest absolute Gasteiger partial charge is 0.343 e. The van der Waals surface area contributed by atoms with Crippen molar-refractivity contribution < 1.29 is 115 Å². The highest BCUT2D eigenvalue weighted by atomic mass is 16.5. The third-order valence-electron chi connectivity index (χ3n) is 23.0. The van der Waals surface area contributed by atoms with E-state index >= 15 is 0 Å². The van der Waals surface area contributed by atoms with E-state index in [1.54, 1.807) is 172 Å². The second-order valence-electron chi connectivity index (χ2n) is 36.7. The summed E-state index contributed by atoms with van der Waals surface area (Å²) in [6.45, 7) is 26.6. The van der Waals surface area contributed by atoms with Gasteiger partial charge >= 0.3 is 17.9 Å². The summed E-state index contributed by atoms with van der Waals surface area (Å²) in [7, 11) is 0. The first kappa shape index (κ1) is 116. The van der Waals surface area contributed by atoms with Crippen LogP contribution in [0, 0.1) is 11.8 Å². The van der Waals surface area contributed by atoms with Gasteiger partial charge in [0.2, 0.25) is 65.0 Å². The highest BCUT2D eigenvalue weighted by molar-refractivity contribution is 6.32. The summed E-state index contributed by atoms with van der Waals surface area (Å²) in [5, 5.41) is 0. The maximum Gasteiger partial charge on any atom is 0.343 e. The Morgan fingerprint density at radius 2 is 0.607 bits per heavy atom. The molecular weight excluding hydrogens is 1850 g/mol. The number of fused-ring (bicyclic) bond motifs is 2. The van der Waals surface area contributed by atoms with E-state index in [0.717, 1.165) is 26.0 Å². The number of ether oxygens (including phenoxy) is 3. The van der Waals surface area contributed by atoms with Gasteiger partial charge in [-0.05, 0) is 162 Å². The monoisotopic (exact) mass is 1980 g/mol. The Balaban J connectivity index is 0.000000222. The number of likely N-dealkylation sites (tertiary alicyclic amines) is 4. The van der Waals surface area contributed by atoms with Gasteiger partial charge in [-0.25, -0.2) is 34.2 Å². The molecule has 18 amide bonds. The molecule has 9 aromatic rings. The van der Waals surface area contributed by atoms with Crippen molar-refractivity contribution in [3.8, 4) is 17.2 Å². The maximum absolute atomic E-state index is 12.2. The minimum Gasteiger partial charge on any atom is -0.427 e. The number of aryl methyl sites for hydroxylation is 1. The lowest BCUT2D eigenvalue weighted by Gasteiger charge is -2.18. The molecule has 30 heteroatoms. The first-order chi connectivity index (χ1) is 69.0. The van der Waals surface area contributed by atoms with Crippen LogP contribution in [0.25, 0.3) is 0 Å². The molecule has 0 saturated carbocycles. The summed E-state index contributed by atoms with van der Waals surface area (Å²) in [6, 6.07) is 70.1. The standard InChI is InChI=1S/C20H32O2.C17H18O2.C15H9NO3.C13H18O2.2C12H11NO3.C11H9NO3.C8H11NO3.C7H9NO3/c1-3-4-5-6-7-8-9-10-11-12-13-19-14-16-20(17-15-19)22-18(2)21;1-17(2,3)14-9-11-15(12-10-14)19-16(18)13-7-5-4-6-8-13;17-13(10-6-2-1-3-7-10)16-14(18)11-8-4-5-9-12(11)15(16)19;1-5-12(14)15-11-8-6-10(7-9-11)13(2,3)4;1-8-7-10(14)13(11(8)15)12(16)9-5-3-2-4-6-9;1-2-5-10(14)13-11(15)8-6-3-4-7-9(8)12(13)16;13-9-6-7-10(14)12(9)11(15)8-4-2-1-3-5-8;1-2-3-6(10)9-7(11)4-5-8(9)12;1-4-3-6(10)8(5(2)9)7(4)11/h14-17H,3-13H2,1-2H3;4-12H,1-3H3;1-9H;6-9H,5H2,1-4H3;2-6,8H,7H2,1H3;3-4,6-7H,2,5H2,1H3;1-5H,6-7H2;2-5H2,1H3;4H,3H2,1-2H3. The van der Waals surface area contributed by atoms with E-state index in [1.807, 2.05) is 92.7 Å². The van der Waals surface area contributed by atoms with Crippen LogP contribution < -0.4 is 14.2 Å². The zero-order valence-corrected chi connectivity index (χ0v) is 84.8. The fourth-order valence-electron chi connectivity index (χ4n) is 15.0. The first-order valence-electron chi connectivity index (χ1n) is 48.7. The van der Waals surface area contributed by atoms with Gasteiger partial charge in [0, 0.05) is 100 Å². The highest BCUT2D eigenvalue weighted by Crippen LogP contribution is 2.31. The number of carbonyl (C=O) groups excluding carboxylic acids is 21. The average molecular weight is 1980 g/mol. The van der Waals surface area contributed by atoms with Crippen molar-refractivity contribution in [1.82, 2.24) is 29.4 Å². The van der Waals surface area contributed by atoms with Crippen molar-refractivity contribution in [2.24, 2.45) is 11.8 Å². The van der Waals surface area contributed by atoms with Gasteiger partial charge in [-0.2, -0.15) is 0 Å². The maximum atomic E-state index is 12.2. The molecule has 6 aliphatic rings. The summed E-state index contributed by atoms with van der Waals surface area (Å²) in [6.07, 6.45) is 17.9. The highest BCUT2D eigenvalue weighted by Gasteiger charge is 2.44. The Bertz CT molecular complexity index is 6000. The Morgan fingerprint density at radius 1 is 0.303 bits per heavy atom. The second kappa shape index (κ2) is 57.4. The summed E-state index contributed by atoms with van der Waals surface area (Å²) in [5.41, 5.74) is 6.79. The van der Waals surface area contributed by atoms with Crippen molar-refractivity contribution in [3.63, 3.8) is 0 Å². The van der Waals surface area contributed by atoms with Crippen LogP contribution in [0.15, 0.2) is 243 Å². The van der Waals surface area contributed by atoms with Gasteiger partial charge in [0.05, 0.1) is 27.8 Å². The summed E-state index contributed by atoms with van der Waals surface area (Å²) >= 11 is 0. The van der Waals surface area contributed by atoms with E-state index in [0.29, 0.717) is 79.7 Å². The fourth-order valence-corrected chi connectivity index (χ4v) is 15.0. The molecule has 0 bridgehead atoms. The first-order valence-corrected chi connectivity index (χ1v) is 48.7. The van der Waals surface area contributed by atoms with Crippen LogP contribution in [0.2, 0.25) is 0 Å². The van der Waals surface area contributed by atoms with Crippen molar-refractivity contribution in [3.05, 3.63) is 304 Å². The van der Waals surface area contributed by atoms with Crippen molar-refractivity contribution >= 4 is 124 Å². The largest absolute Gasteiger partial charge is 0.427 e. The molecule has 30 nitrogen and oxygen atoms in total. The van der Waals surface area contributed by atoms with Crippen LogP contribution in [0.4, 0.5) is 0 Å². The van der Waals surface area contributed by atoms with Gasteiger partial charge in [-0.1, -0.05) is 274 Å². The normalized spacial score (nSPS) is 14.7. The lowest BCUT2D eigenvalue weighted by molar-refractivity contribution is -0.151. The number of benzene rings is 9. The van der Waals surface area contributed by atoms with Gasteiger partial charge in [0.15, 0.2) is 0 Å². The predicted molar refractivity (Wildman–Crippen MR) is 541 cm³/mol. The summed E-state index contributed by atoms with van der Waals surface area (Å²) in [5.74, 6) is -7.78. The molecule has 2 atom stereocenters. The van der Waals surface area contributed by atoms with E-state index in [4.69, 9.17) is 14.2 Å². The molecule has 0 N–H and O–H groups in total. The van der Waals surface area contributed by atoms with E-state index in [1.165, 1.54) is 94.7 Å². The zero-order chi connectivity index (χ0) is 107. The molecule has 9 aromatic carbocycles. The van der Waals surface area contributed by atoms with Crippen molar-refractivity contribution in [2.45, 2.75) is 249 Å². The molecule has 6 heterocycles. The molecule has 2 unspecified atom stereocenters. The van der Waals surface area contributed by atoms with Crippen LogP contribution in [-0.2, 0) is 79.6 Å². The van der Waals surface area contributed by atoms with Crippen molar-refractivity contribution in [2.75, 3.05) is 0 Å². The lowest BCUT2D eigenvalue weighted by Crippen LogP contribution is -2.36. The van der Waals surface area contributed by atoms with E-state index < -0.39 is 76.8 Å². The molecular formula is C115H128N6O24. The molecule has 0 radical (unpaired) electrons. The van der Waals surface area contributed by atoms with Gasteiger partial charge in [-0.3, -0.25) is 95.9 Å². The third-order valence-corrected chi connectivity index (χ3v) is 23.0. The van der Waals surface area contributed by atoms with E-state index in [2.05, 4.69) is 60.6 Å². The van der Waals surface area contributed by atoms with Gasteiger partial charge in [-0.15, -0.1) is 0 Å². The Kier molecular flexibility index (Phi) is 46.0. The molecule has 6 aliphatic heterocycles. The Labute approximate surface area is 845 Å². The summed E-state index contributed by atoms with van der Waals surface area (Å²) < 4.78 is 15.5. The number of hydrogen-bond donors (Lipinski definition) is 0. The Hall–Kier alpha value is -15.8. The predicted octanol–water partition coefficient (Wildman–Crippen LogP) is 19.9. The van der Waals surface area contributed by atoms with Crippen LogP contribution in [0.1, 0.15) is 331 Å². The third kappa shape index (κ3) is 34.8. The number of rotatable bonds is 23. The number of hydrogen-bond acceptors (Lipinski definition) is 24. The molecule has 15 rings (SSSR count). The summed E-state index contributed by atoms with van der Waals surface area (Å²) in [4.78, 5) is 245. The average Bonchev–Trinajstić information content (AvgIpc) is 1.70. The van der Waals surface area contributed by atoms with E-state index in [-0.39, 0.29) is 133 Å². The fraction of sp³-hybridized carbons (Fsp3) is 0.348. The molecule has 145 heavy (non-hydrogen) atoms. The van der Waals surface area contributed by atoms with Crippen LogP contribution >= 0.6 is 0 Å². The van der Waals surface area contributed by atoms with Crippen molar-refractivity contribution in [1.29, 1.82) is 0 Å². The molecule has 0 aliphatic carbocycles. The number of imide groups is 18. The molecule has 0 spiro atoms. The zero-order valence-electron chi connectivity index (χ0n) is 84.8. The van der Waals surface area contributed by atoms with Gasteiger partial charge < -0.3 is 14.2 Å². The Morgan fingerprint density at radius 3 is 0.938 bits per heavy atom. The minimum absolute atomic E-state index is 0.0992. The number of carbonyl (C=O) groups is 21. The number of unbranched alkanes of at least 4 members (excludes halogenated alkanes) is 9. The number of esters is 3. The van der Waals surface area contributed by atoms with Gasteiger partial charge in [0.1, 0.15) is 17.2 Å². The van der Waals surface area contributed by atoms with Crippen LogP contribution in [-0.4, -0.2) is 154 Å². The van der Waals surface area contributed by atoms with Gasteiger partial charge in [0.25, 0.3) is 41.4 Å².